The zero-order valence-corrected chi connectivity index (χ0v) is 16.8. The molecule has 8 heteroatoms. The van der Waals surface area contributed by atoms with Crippen molar-refractivity contribution in [1.29, 1.82) is 0 Å². The zero-order chi connectivity index (χ0) is 21.1. The van der Waals surface area contributed by atoms with Crippen molar-refractivity contribution in [3.05, 3.63) is 95.3 Å². The van der Waals surface area contributed by atoms with Gasteiger partial charge in [0.1, 0.15) is 5.82 Å². The number of nitrogens with one attached hydrogen (secondary N) is 2. The third-order valence-electron chi connectivity index (χ3n) is 4.99. The fourth-order valence-electron chi connectivity index (χ4n) is 3.36. The molecule has 3 aromatic rings. The van der Waals surface area contributed by atoms with Gasteiger partial charge in [-0.25, -0.2) is 12.8 Å². The molecule has 0 radical (unpaired) electrons. The summed E-state index contributed by atoms with van der Waals surface area (Å²) in [4.78, 5) is 12.5. The summed E-state index contributed by atoms with van der Waals surface area (Å²) < 4.78 is 40.7. The van der Waals surface area contributed by atoms with Crippen molar-refractivity contribution in [2.45, 2.75) is 17.9 Å². The van der Waals surface area contributed by atoms with Gasteiger partial charge in [-0.2, -0.15) is 4.31 Å². The zero-order valence-electron chi connectivity index (χ0n) is 16.0. The van der Waals surface area contributed by atoms with Crippen LogP contribution in [0.1, 0.15) is 21.5 Å². The van der Waals surface area contributed by atoms with E-state index in [1.807, 2.05) is 24.3 Å². The van der Waals surface area contributed by atoms with Crippen molar-refractivity contribution in [1.82, 2.24) is 9.73 Å². The van der Waals surface area contributed by atoms with Crippen molar-refractivity contribution >= 4 is 21.6 Å². The van der Waals surface area contributed by atoms with Crippen molar-refractivity contribution in [2.75, 3.05) is 12.0 Å². The van der Waals surface area contributed by atoms with Crippen LogP contribution in [0, 0.1) is 5.82 Å². The van der Waals surface area contributed by atoms with Gasteiger partial charge >= 0.3 is 0 Å². The molecule has 0 atom stereocenters. The first-order valence-electron chi connectivity index (χ1n) is 9.42. The fraction of sp³-hybridized carbons (Fsp3) is 0.136. The minimum Gasteiger partial charge on any atom is -0.298 e. The lowest BCUT2D eigenvalue weighted by Gasteiger charge is -2.28. The number of fused-ring (bicyclic) bond motifs is 1. The average molecular weight is 425 g/mol. The quantitative estimate of drug-likeness (QED) is 0.615. The molecule has 1 aliphatic heterocycles. The number of hydrazine groups is 1. The van der Waals surface area contributed by atoms with Gasteiger partial charge in [0, 0.05) is 18.7 Å². The number of anilines is 1. The molecule has 6 nitrogen and oxygen atoms in total. The van der Waals surface area contributed by atoms with E-state index in [1.165, 1.54) is 52.8 Å². The van der Waals surface area contributed by atoms with E-state index in [1.54, 1.807) is 0 Å². The van der Waals surface area contributed by atoms with Gasteiger partial charge in [0.05, 0.1) is 10.6 Å². The van der Waals surface area contributed by atoms with Gasteiger partial charge in [-0.05, 0) is 60.0 Å². The summed E-state index contributed by atoms with van der Waals surface area (Å²) in [6.07, 6.45) is 0.650. The van der Waals surface area contributed by atoms with E-state index in [0.29, 0.717) is 25.2 Å². The van der Waals surface area contributed by atoms with Crippen LogP contribution in [0.25, 0.3) is 0 Å². The molecule has 1 amide bonds. The lowest BCUT2D eigenvalue weighted by atomic mass is 10.0. The maximum Gasteiger partial charge on any atom is 0.269 e. The largest absolute Gasteiger partial charge is 0.298 e. The first-order chi connectivity index (χ1) is 14.4. The third kappa shape index (κ3) is 4.19. The molecule has 154 valence electrons. The van der Waals surface area contributed by atoms with Gasteiger partial charge in [0.15, 0.2) is 0 Å². The highest BCUT2D eigenvalue weighted by atomic mass is 32.2. The van der Waals surface area contributed by atoms with Gasteiger partial charge in [0.2, 0.25) is 10.0 Å². The van der Waals surface area contributed by atoms with Crippen LogP contribution in [-0.2, 0) is 23.0 Å². The number of hydrogen-bond acceptors (Lipinski definition) is 4. The highest BCUT2D eigenvalue weighted by Gasteiger charge is 2.28. The van der Waals surface area contributed by atoms with Crippen LogP contribution in [0.5, 0.6) is 0 Å². The van der Waals surface area contributed by atoms with E-state index >= 15 is 0 Å². The minimum absolute atomic E-state index is 0.0660. The third-order valence-corrected chi connectivity index (χ3v) is 6.84. The lowest BCUT2D eigenvalue weighted by molar-refractivity contribution is 0.0962. The summed E-state index contributed by atoms with van der Waals surface area (Å²) >= 11 is 0. The van der Waals surface area contributed by atoms with Crippen molar-refractivity contribution < 1.29 is 17.6 Å². The van der Waals surface area contributed by atoms with Gasteiger partial charge in [-0.3, -0.25) is 15.6 Å². The maximum absolute atomic E-state index is 13.1. The fourth-order valence-corrected chi connectivity index (χ4v) is 4.82. The molecule has 0 saturated carbocycles. The monoisotopic (exact) mass is 425 g/mol. The highest BCUT2D eigenvalue weighted by Crippen LogP contribution is 2.25. The number of carbonyl (C=O) groups is 1. The normalized spacial score (nSPS) is 14.0. The number of hydrogen-bond donors (Lipinski definition) is 2. The Morgan fingerprint density at radius 1 is 0.933 bits per heavy atom. The molecular weight excluding hydrogens is 405 g/mol. The first kappa shape index (κ1) is 20.1. The van der Waals surface area contributed by atoms with Crippen molar-refractivity contribution in [3.8, 4) is 0 Å². The number of carbonyl (C=O) groups excluding carboxylic acids is 1. The Morgan fingerprint density at radius 2 is 1.67 bits per heavy atom. The molecule has 0 fully saturated rings. The van der Waals surface area contributed by atoms with Gasteiger partial charge in [-0.1, -0.05) is 30.3 Å². The molecular formula is C22H20FN3O3S. The molecule has 3 aromatic carbocycles. The number of amides is 1. The number of rotatable bonds is 5. The van der Waals surface area contributed by atoms with E-state index in [0.717, 1.165) is 11.1 Å². The Hall–Kier alpha value is -3.23. The second-order valence-corrected chi connectivity index (χ2v) is 8.91. The Morgan fingerprint density at radius 3 is 2.43 bits per heavy atom. The Bertz CT molecular complexity index is 1180. The number of benzene rings is 3. The Kier molecular flexibility index (Phi) is 5.52. The molecule has 2 N–H and O–H groups in total. The first-order valence-corrected chi connectivity index (χ1v) is 10.9. The molecule has 0 aliphatic carbocycles. The van der Waals surface area contributed by atoms with Crippen molar-refractivity contribution in [3.63, 3.8) is 0 Å². The SMILES string of the molecule is O=C(NNc1ccc(F)cc1)c1cccc(S(=O)(=O)N2CCc3ccccc3C2)c1. The standard InChI is InChI=1S/C22H20FN3O3S/c23-19-8-10-20(11-9-19)24-25-22(27)17-6-3-7-21(14-17)30(28,29)26-13-12-16-4-1-2-5-18(16)15-26/h1-11,14,24H,12-13,15H2,(H,25,27). The predicted octanol–water partition coefficient (Wildman–Crippen LogP) is 3.33. The Labute approximate surface area is 174 Å². The van der Waals surface area contributed by atoms with Crippen LogP contribution in [0.15, 0.2) is 77.7 Å². The molecule has 0 saturated heterocycles. The highest BCUT2D eigenvalue weighted by molar-refractivity contribution is 7.89. The molecule has 0 spiro atoms. The van der Waals surface area contributed by atoms with E-state index < -0.39 is 15.9 Å². The second kappa shape index (κ2) is 8.25. The summed E-state index contributed by atoms with van der Waals surface area (Å²) in [6, 6.07) is 19.2. The van der Waals surface area contributed by atoms with E-state index in [-0.39, 0.29) is 16.3 Å². The summed E-state index contributed by atoms with van der Waals surface area (Å²) in [5.41, 5.74) is 8.01. The summed E-state index contributed by atoms with van der Waals surface area (Å²) in [7, 11) is -3.74. The summed E-state index contributed by atoms with van der Waals surface area (Å²) in [5, 5.41) is 0. The topological polar surface area (TPSA) is 78.5 Å². The average Bonchev–Trinajstić information content (AvgIpc) is 2.78. The molecule has 0 unspecified atom stereocenters. The maximum atomic E-state index is 13.1. The van der Waals surface area contributed by atoms with Gasteiger partial charge < -0.3 is 0 Å². The minimum atomic E-state index is -3.74. The molecule has 1 aliphatic rings. The van der Waals surface area contributed by atoms with E-state index in [9.17, 15) is 17.6 Å². The number of nitrogens with zero attached hydrogens (tertiary/aromatic N) is 1. The molecule has 4 rings (SSSR count). The summed E-state index contributed by atoms with van der Waals surface area (Å²) in [6.45, 7) is 0.697. The smallest absolute Gasteiger partial charge is 0.269 e. The predicted molar refractivity (Wildman–Crippen MR) is 112 cm³/mol. The Balaban J connectivity index is 1.49. The van der Waals surface area contributed by atoms with Gasteiger partial charge in [-0.15, -0.1) is 0 Å². The van der Waals surface area contributed by atoms with Crippen LogP contribution in [-0.4, -0.2) is 25.2 Å². The molecule has 30 heavy (non-hydrogen) atoms. The second-order valence-electron chi connectivity index (χ2n) is 6.97. The molecule has 1 heterocycles. The van der Waals surface area contributed by atoms with Crippen LogP contribution >= 0.6 is 0 Å². The number of sulfonamides is 1. The lowest BCUT2D eigenvalue weighted by Crippen LogP contribution is -2.36. The van der Waals surface area contributed by atoms with Gasteiger partial charge in [0.25, 0.3) is 5.91 Å². The van der Waals surface area contributed by atoms with E-state index in [4.69, 9.17) is 0 Å². The van der Waals surface area contributed by atoms with E-state index in [2.05, 4.69) is 10.9 Å². The van der Waals surface area contributed by atoms with Crippen LogP contribution in [0.3, 0.4) is 0 Å². The van der Waals surface area contributed by atoms with Crippen LogP contribution < -0.4 is 10.9 Å². The molecule has 0 aromatic heterocycles. The van der Waals surface area contributed by atoms with Crippen molar-refractivity contribution in [2.24, 2.45) is 0 Å². The number of halogens is 1. The summed E-state index contributed by atoms with van der Waals surface area (Å²) in [5.74, 6) is -0.884. The van der Waals surface area contributed by atoms with Crippen LogP contribution in [0.4, 0.5) is 10.1 Å². The molecule has 0 bridgehead atoms. The van der Waals surface area contributed by atoms with Crippen LogP contribution in [0.2, 0.25) is 0 Å².